The van der Waals surface area contributed by atoms with Crippen molar-refractivity contribution in [1.29, 1.82) is 0 Å². The summed E-state index contributed by atoms with van der Waals surface area (Å²) in [5, 5.41) is 5.81. The number of aromatic amines is 1. The van der Waals surface area contributed by atoms with E-state index in [4.69, 9.17) is 4.74 Å². The van der Waals surface area contributed by atoms with Crippen molar-refractivity contribution in [1.82, 2.24) is 9.78 Å². The second kappa shape index (κ2) is 8.47. The van der Waals surface area contributed by atoms with Crippen molar-refractivity contribution in [3.8, 4) is 5.75 Å². The molecule has 0 saturated heterocycles. The van der Waals surface area contributed by atoms with Crippen molar-refractivity contribution in [3.63, 3.8) is 0 Å². The predicted octanol–water partition coefficient (Wildman–Crippen LogP) is 4.25. The molecule has 0 bridgehead atoms. The number of fused-ring (bicyclic) bond motifs is 1. The van der Waals surface area contributed by atoms with Gasteiger partial charge < -0.3 is 10.1 Å². The molecule has 150 valence electrons. The van der Waals surface area contributed by atoms with Crippen molar-refractivity contribution in [2.45, 2.75) is 56.7 Å². The van der Waals surface area contributed by atoms with Gasteiger partial charge in [0.2, 0.25) is 5.91 Å². The van der Waals surface area contributed by atoms with E-state index in [1.54, 1.807) is 0 Å². The number of rotatable bonds is 4. The van der Waals surface area contributed by atoms with E-state index in [1.165, 1.54) is 24.6 Å². The van der Waals surface area contributed by atoms with E-state index in [0.29, 0.717) is 23.7 Å². The molecule has 1 aromatic heterocycles. The van der Waals surface area contributed by atoms with Gasteiger partial charge in [0.25, 0.3) is 5.56 Å². The van der Waals surface area contributed by atoms with Gasteiger partial charge in [-0.15, -0.1) is 11.8 Å². The molecule has 1 aliphatic heterocycles. The molecule has 2 aromatic rings. The van der Waals surface area contributed by atoms with Crippen LogP contribution in [0.3, 0.4) is 0 Å². The molecular weight excluding hydrogens is 374 g/mol. The maximum Gasteiger partial charge on any atom is 0.270 e. The molecule has 4 rings (SSSR count). The van der Waals surface area contributed by atoms with Crippen molar-refractivity contribution in [2.75, 3.05) is 17.7 Å². The van der Waals surface area contributed by atoms with Crippen molar-refractivity contribution in [3.05, 3.63) is 45.7 Å². The Kier molecular flexibility index (Phi) is 5.80. The summed E-state index contributed by atoms with van der Waals surface area (Å²) in [5.74, 6) is 1.65. The first-order chi connectivity index (χ1) is 13.7. The van der Waals surface area contributed by atoms with Gasteiger partial charge in [-0.2, -0.15) is 0 Å². The molecule has 28 heavy (non-hydrogen) atoms. The molecule has 1 aromatic carbocycles. The number of thioether (sulfide) groups is 1. The van der Waals surface area contributed by atoms with Gasteiger partial charge in [0, 0.05) is 5.56 Å². The summed E-state index contributed by atoms with van der Waals surface area (Å²) in [6.07, 6.45) is 6.83. The summed E-state index contributed by atoms with van der Waals surface area (Å²) < 4.78 is 7.75. The highest BCUT2D eigenvalue weighted by Gasteiger charge is 2.33. The Labute approximate surface area is 169 Å². The lowest BCUT2D eigenvalue weighted by molar-refractivity contribution is -0.113. The number of hydrogen-bond donors (Lipinski definition) is 2. The summed E-state index contributed by atoms with van der Waals surface area (Å²) in [4.78, 5) is 25.5. The molecule has 1 fully saturated rings. The van der Waals surface area contributed by atoms with Crippen LogP contribution in [-0.2, 0) is 4.79 Å². The van der Waals surface area contributed by atoms with E-state index in [0.717, 1.165) is 37.0 Å². The zero-order chi connectivity index (χ0) is 19.5. The van der Waals surface area contributed by atoms with Gasteiger partial charge in [-0.05, 0) is 25.8 Å². The topological polar surface area (TPSA) is 76.1 Å². The fraction of sp³-hybridized carbons (Fsp3) is 0.524. The number of ether oxygens (including phenoxy) is 1. The summed E-state index contributed by atoms with van der Waals surface area (Å²) in [5.41, 5.74) is 1.45. The average molecular weight is 402 g/mol. The SMILES string of the molecule is CCOc1ccccc1[C@H]1SCC(=O)Nc2c1c(=O)[nH]n2C1CCCCCC1. The first-order valence-electron chi connectivity index (χ1n) is 10.2. The number of nitrogens with zero attached hydrogens (tertiary/aromatic N) is 1. The van der Waals surface area contributed by atoms with Crippen LogP contribution in [0, 0.1) is 0 Å². The van der Waals surface area contributed by atoms with E-state index in [2.05, 4.69) is 10.4 Å². The fourth-order valence-electron chi connectivity index (χ4n) is 4.26. The molecule has 0 radical (unpaired) electrons. The standard InChI is InChI=1S/C21H27N3O3S/c1-2-27-16-12-8-7-11-15(16)19-18-20(22-17(25)13-28-19)24(23-21(18)26)14-9-5-3-4-6-10-14/h7-8,11-12,14,19H,2-6,9-10,13H2,1H3,(H,22,25)(H,23,26)/t19-/m1/s1. The van der Waals surface area contributed by atoms with Crippen LogP contribution >= 0.6 is 11.8 Å². The number of nitrogens with one attached hydrogen (secondary N) is 2. The molecule has 1 atom stereocenters. The number of H-pyrrole nitrogens is 1. The number of para-hydroxylation sites is 1. The Bertz CT molecular complexity index is 897. The number of hydrogen-bond acceptors (Lipinski definition) is 4. The van der Waals surface area contributed by atoms with Crippen LogP contribution in [0.2, 0.25) is 0 Å². The summed E-state index contributed by atoms with van der Waals surface area (Å²) in [6.45, 7) is 2.50. The highest BCUT2D eigenvalue weighted by Crippen LogP contribution is 2.44. The van der Waals surface area contributed by atoms with Crippen molar-refractivity contribution in [2.24, 2.45) is 0 Å². The minimum absolute atomic E-state index is 0.0657. The van der Waals surface area contributed by atoms with Gasteiger partial charge in [0.15, 0.2) is 0 Å². The lowest BCUT2D eigenvalue weighted by Crippen LogP contribution is -2.19. The van der Waals surface area contributed by atoms with Gasteiger partial charge in [0.1, 0.15) is 11.6 Å². The number of anilines is 1. The molecule has 1 amide bonds. The highest BCUT2D eigenvalue weighted by molar-refractivity contribution is 8.00. The van der Waals surface area contributed by atoms with E-state index in [1.807, 2.05) is 35.9 Å². The zero-order valence-electron chi connectivity index (χ0n) is 16.2. The molecule has 2 aliphatic rings. The van der Waals surface area contributed by atoms with Crippen molar-refractivity contribution >= 4 is 23.5 Å². The van der Waals surface area contributed by atoms with E-state index < -0.39 is 0 Å². The summed E-state index contributed by atoms with van der Waals surface area (Å²) in [6, 6.07) is 8.03. The van der Waals surface area contributed by atoms with Crippen LogP contribution in [0.5, 0.6) is 5.75 Å². The minimum atomic E-state index is -0.243. The van der Waals surface area contributed by atoms with E-state index >= 15 is 0 Å². The van der Waals surface area contributed by atoms with E-state index in [9.17, 15) is 9.59 Å². The average Bonchev–Trinajstić information content (AvgIpc) is 2.90. The maximum atomic E-state index is 13.0. The maximum absolute atomic E-state index is 13.0. The Balaban J connectivity index is 1.81. The quantitative estimate of drug-likeness (QED) is 0.751. The minimum Gasteiger partial charge on any atom is -0.494 e. The monoisotopic (exact) mass is 401 g/mol. The van der Waals surface area contributed by atoms with Gasteiger partial charge in [-0.25, -0.2) is 0 Å². The third kappa shape index (κ3) is 3.72. The summed E-state index contributed by atoms with van der Waals surface area (Å²) >= 11 is 1.48. The highest BCUT2D eigenvalue weighted by atomic mass is 32.2. The zero-order valence-corrected chi connectivity index (χ0v) is 17.0. The van der Waals surface area contributed by atoms with Crippen LogP contribution in [0.15, 0.2) is 29.1 Å². The summed E-state index contributed by atoms with van der Waals surface area (Å²) in [7, 11) is 0. The smallest absolute Gasteiger partial charge is 0.270 e. The van der Waals surface area contributed by atoms with Gasteiger partial charge in [-0.1, -0.05) is 43.9 Å². The fourth-order valence-corrected chi connectivity index (χ4v) is 5.41. The number of carbonyl (C=O) groups excluding carboxylic acids is 1. The first-order valence-corrected chi connectivity index (χ1v) is 11.2. The van der Waals surface area contributed by atoms with Crippen LogP contribution < -0.4 is 15.6 Å². The lowest BCUT2D eigenvalue weighted by Gasteiger charge is -2.20. The van der Waals surface area contributed by atoms with E-state index in [-0.39, 0.29) is 22.8 Å². The third-order valence-corrected chi connectivity index (χ3v) is 6.81. The molecule has 0 unspecified atom stereocenters. The molecular formula is C21H27N3O3S. The normalized spacial score (nSPS) is 20.8. The number of aromatic nitrogens is 2. The Morgan fingerprint density at radius 3 is 2.64 bits per heavy atom. The molecule has 1 saturated carbocycles. The second-order valence-electron chi connectivity index (χ2n) is 7.43. The first kappa shape index (κ1) is 19.2. The van der Waals surface area contributed by atoms with Crippen LogP contribution in [-0.4, -0.2) is 28.0 Å². The molecule has 2 N–H and O–H groups in total. The molecule has 7 heteroatoms. The Morgan fingerprint density at radius 1 is 1.14 bits per heavy atom. The van der Waals surface area contributed by atoms with Gasteiger partial charge >= 0.3 is 0 Å². The molecule has 0 spiro atoms. The van der Waals surface area contributed by atoms with Crippen LogP contribution in [0.1, 0.15) is 67.9 Å². The Morgan fingerprint density at radius 2 is 1.89 bits per heavy atom. The van der Waals surface area contributed by atoms with Gasteiger partial charge in [-0.3, -0.25) is 19.4 Å². The molecule has 2 heterocycles. The second-order valence-corrected chi connectivity index (χ2v) is 8.52. The molecule has 1 aliphatic carbocycles. The van der Waals surface area contributed by atoms with Crippen LogP contribution in [0.4, 0.5) is 5.82 Å². The molecule has 6 nitrogen and oxygen atoms in total. The largest absolute Gasteiger partial charge is 0.494 e. The Hall–Kier alpha value is -2.15. The number of benzene rings is 1. The van der Waals surface area contributed by atoms with Crippen LogP contribution in [0.25, 0.3) is 0 Å². The number of carbonyl (C=O) groups is 1. The number of amides is 1. The third-order valence-electron chi connectivity index (χ3n) is 5.55. The lowest BCUT2D eigenvalue weighted by atomic mass is 10.0. The predicted molar refractivity (Wildman–Crippen MR) is 112 cm³/mol. The van der Waals surface area contributed by atoms with Gasteiger partial charge in [0.05, 0.1) is 29.2 Å². The van der Waals surface area contributed by atoms with Crippen molar-refractivity contribution < 1.29 is 9.53 Å².